The maximum Gasteiger partial charge on any atom is 0.416 e. The second-order valence-corrected chi connectivity index (χ2v) is 7.59. The van der Waals surface area contributed by atoms with E-state index in [-0.39, 0.29) is 0 Å². The standard InChI is InChI=1S/C19H14F3Si/c20-19(21,22)17-13-7-8-14-18(17)23(15-9-3-1-4-10-15)16-11-5-2-6-12-16/h1-14H. The molecule has 0 N–H and O–H groups in total. The van der Waals surface area contributed by atoms with E-state index in [1.54, 1.807) is 12.1 Å². The van der Waals surface area contributed by atoms with Crippen molar-refractivity contribution in [1.82, 2.24) is 0 Å². The fourth-order valence-corrected chi connectivity index (χ4v) is 5.40. The van der Waals surface area contributed by atoms with E-state index in [1.807, 2.05) is 60.7 Å². The van der Waals surface area contributed by atoms with Crippen LogP contribution in [0.3, 0.4) is 0 Å². The van der Waals surface area contributed by atoms with Crippen LogP contribution in [0, 0.1) is 0 Å². The van der Waals surface area contributed by atoms with Gasteiger partial charge in [0.2, 0.25) is 0 Å². The molecule has 0 fully saturated rings. The van der Waals surface area contributed by atoms with Crippen LogP contribution in [-0.4, -0.2) is 8.80 Å². The topological polar surface area (TPSA) is 0 Å². The summed E-state index contributed by atoms with van der Waals surface area (Å²) in [7, 11) is -1.71. The Balaban J connectivity index is 2.22. The van der Waals surface area contributed by atoms with Gasteiger partial charge in [-0.25, -0.2) is 0 Å². The monoisotopic (exact) mass is 327 g/mol. The second kappa shape index (κ2) is 6.42. The van der Waals surface area contributed by atoms with Crippen molar-refractivity contribution in [2.24, 2.45) is 0 Å². The number of hydrogen-bond acceptors (Lipinski definition) is 0. The molecule has 0 unspecified atom stereocenters. The highest BCUT2D eigenvalue weighted by atomic mass is 28.3. The van der Waals surface area contributed by atoms with E-state index in [0.29, 0.717) is 5.19 Å². The van der Waals surface area contributed by atoms with Crippen molar-refractivity contribution in [2.45, 2.75) is 6.18 Å². The number of halogens is 3. The molecule has 0 aliphatic heterocycles. The van der Waals surface area contributed by atoms with Crippen LogP contribution in [-0.2, 0) is 6.18 Å². The van der Waals surface area contributed by atoms with Crippen molar-refractivity contribution >= 4 is 24.4 Å². The Hall–Kier alpha value is -2.33. The van der Waals surface area contributed by atoms with Gasteiger partial charge < -0.3 is 0 Å². The zero-order valence-electron chi connectivity index (χ0n) is 12.2. The summed E-state index contributed by atoms with van der Waals surface area (Å²) < 4.78 is 40.4. The Labute approximate surface area is 134 Å². The first-order valence-corrected chi connectivity index (χ1v) is 8.72. The van der Waals surface area contributed by atoms with E-state index in [1.165, 1.54) is 12.1 Å². The van der Waals surface area contributed by atoms with Crippen molar-refractivity contribution in [3.8, 4) is 0 Å². The van der Waals surface area contributed by atoms with Gasteiger partial charge in [0.25, 0.3) is 0 Å². The van der Waals surface area contributed by atoms with Crippen LogP contribution < -0.4 is 15.6 Å². The van der Waals surface area contributed by atoms with E-state index in [2.05, 4.69) is 0 Å². The summed E-state index contributed by atoms with van der Waals surface area (Å²) in [5.41, 5.74) is -0.540. The van der Waals surface area contributed by atoms with Crippen LogP contribution in [0.5, 0.6) is 0 Å². The smallest absolute Gasteiger partial charge is 0.166 e. The fourth-order valence-electron chi connectivity index (χ4n) is 2.64. The predicted octanol–water partition coefficient (Wildman–Crippen LogP) is 3.22. The highest BCUT2D eigenvalue weighted by Gasteiger charge is 2.36. The number of benzene rings is 3. The third-order valence-electron chi connectivity index (χ3n) is 3.63. The van der Waals surface area contributed by atoms with Crippen LogP contribution in [0.15, 0.2) is 84.9 Å². The minimum atomic E-state index is -4.35. The minimum Gasteiger partial charge on any atom is -0.166 e. The molecule has 1 radical (unpaired) electrons. The molecule has 0 aromatic heterocycles. The third-order valence-corrected chi connectivity index (χ3v) is 6.42. The quantitative estimate of drug-likeness (QED) is 0.512. The Morgan fingerprint density at radius 2 is 1.00 bits per heavy atom. The molecule has 4 heteroatoms. The average molecular weight is 327 g/mol. The largest absolute Gasteiger partial charge is 0.416 e. The molecule has 0 saturated heterocycles. The van der Waals surface area contributed by atoms with E-state index < -0.39 is 20.5 Å². The molecule has 0 spiro atoms. The molecule has 0 saturated carbocycles. The van der Waals surface area contributed by atoms with Gasteiger partial charge in [-0.2, -0.15) is 13.2 Å². The van der Waals surface area contributed by atoms with Crippen LogP contribution in [0.25, 0.3) is 0 Å². The van der Waals surface area contributed by atoms with Crippen molar-refractivity contribution in [1.29, 1.82) is 0 Å². The van der Waals surface area contributed by atoms with Crippen molar-refractivity contribution in [3.63, 3.8) is 0 Å². The van der Waals surface area contributed by atoms with Crippen LogP contribution in [0.2, 0.25) is 0 Å². The molecule has 23 heavy (non-hydrogen) atoms. The Bertz CT molecular complexity index is 728. The summed E-state index contributed by atoms with van der Waals surface area (Å²) in [6, 6.07) is 24.8. The van der Waals surface area contributed by atoms with Crippen molar-refractivity contribution in [3.05, 3.63) is 90.5 Å². The lowest BCUT2D eigenvalue weighted by Gasteiger charge is -2.21. The molecule has 0 atom stereocenters. The summed E-state index contributed by atoms with van der Waals surface area (Å²) >= 11 is 0. The maximum absolute atomic E-state index is 13.5. The second-order valence-electron chi connectivity index (χ2n) is 5.15. The molecule has 0 heterocycles. The van der Waals surface area contributed by atoms with Gasteiger partial charge in [0.05, 0.1) is 5.56 Å². The lowest BCUT2D eigenvalue weighted by molar-refractivity contribution is -0.136. The molecular formula is C19H14F3Si. The Kier molecular flexibility index (Phi) is 4.34. The van der Waals surface area contributed by atoms with Gasteiger partial charge in [-0.3, -0.25) is 0 Å². The first-order valence-electron chi connectivity index (χ1n) is 7.22. The molecule has 0 nitrogen and oxygen atoms in total. The molecule has 0 bridgehead atoms. The van der Waals surface area contributed by atoms with Gasteiger partial charge in [0.1, 0.15) is 0 Å². The third kappa shape index (κ3) is 3.37. The normalized spacial score (nSPS) is 11.7. The average Bonchev–Trinajstić information content (AvgIpc) is 2.57. The van der Waals surface area contributed by atoms with Crippen LogP contribution >= 0.6 is 0 Å². The van der Waals surface area contributed by atoms with Gasteiger partial charge in [0, 0.05) is 0 Å². The van der Waals surface area contributed by atoms with Gasteiger partial charge in [0.15, 0.2) is 8.80 Å². The number of rotatable bonds is 3. The number of hydrogen-bond donors (Lipinski definition) is 0. The van der Waals surface area contributed by atoms with E-state index in [4.69, 9.17) is 0 Å². The molecule has 3 aromatic carbocycles. The first-order chi connectivity index (χ1) is 11.1. The summed E-state index contributed by atoms with van der Waals surface area (Å²) in [6.07, 6.45) is -4.35. The van der Waals surface area contributed by atoms with Crippen LogP contribution in [0.4, 0.5) is 13.2 Å². The number of alkyl halides is 3. The summed E-state index contributed by atoms with van der Waals surface area (Å²) in [6.45, 7) is 0. The Morgan fingerprint density at radius 3 is 1.48 bits per heavy atom. The predicted molar refractivity (Wildman–Crippen MR) is 89.0 cm³/mol. The summed E-state index contributed by atoms with van der Waals surface area (Å²) in [5, 5.41) is 2.27. The minimum absolute atomic E-state index is 0.377. The van der Waals surface area contributed by atoms with E-state index >= 15 is 0 Å². The van der Waals surface area contributed by atoms with Crippen molar-refractivity contribution in [2.75, 3.05) is 0 Å². The van der Waals surface area contributed by atoms with Crippen LogP contribution in [0.1, 0.15) is 5.56 Å². The maximum atomic E-state index is 13.5. The van der Waals surface area contributed by atoms with Gasteiger partial charge in [-0.1, -0.05) is 95.3 Å². The van der Waals surface area contributed by atoms with E-state index in [0.717, 1.165) is 10.4 Å². The molecule has 3 rings (SSSR count). The van der Waals surface area contributed by atoms with Gasteiger partial charge >= 0.3 is 6.18 Å². The van der Waals surface area contributed by atoms with E-state index in [9.17, 15) is 13.2 Å². The van der Waals surface area contributed by atoms with Gasteiger partial charge in [-0.15, -0.1) is 0 Å². The molecule has 3 aromatic rings. The molecular weight excluding hydrogens is 313 g/mol. The molecule has 0 aliphatic carbocycles. The summed E-state index contributed by atoms with van der Waals surface area (Å²) in [4.78, 5) is 0. The molecule has 0 amide bonds. The SMILES string of the molecule is FC(F)(F)c1ccccc1[Si](c1ccccc1)c1ccccc1. The lowest BCUT2D eigenvalue weighted by Crippen LogP contribution is -2.53. The highest BCUT2D eigenvalue weighted by Crippen LogP contribution is 2.27. The van der Waals surface area contributed by atoms with Gasteiger partial charge in [-0.05, 0) is 5.19 Å². The highest BCUT2D eigenvalue weighted by molar-refractivity contribution is 6.95. The van der Waals surface area contributed by atoms with Crippen molar-refractivity contribution < 1.29 is 13.2 Å². The first kappa shape index (κ1) is 15.6. The summed E-state index contributed by atoms with van der Waals surface area (Å²) in [5.74, 6) is 0. The lowest BCUT2D eigenvalue weighted by atomic mass is 10.2. The zero-order valence-corrected chi connectivity index (χ0v) is 13.2. The molecule has 0 aliphatic rings. The zero-order chi connectivity index (χ0) is 16.3. The Morgan fingerprint density at radius 1 is 0.565 bits per heavy atom. The molecule has 115 valence electrons. The fraction of sp³-hybridized carbons (Fsp3) is 0.0526.